The number of rotatable bonds is 3. The summed E-state index contributed by atoms with van der Waals surface area (Å²) in [4.78, 5) is 8.90. The number of aromatic nitrogens is 4. The molecule has 11 heteroatoms. The average molecular weight is 471 g/mol. The van der Waals surface area contributed by atoms with Gasteiger partial charge in [0.05, 0.1) is 16.9 Å². The molecule has 0 saturated carbocycles. The summed E-state index contributed by atoms with van der Waals surface area (Å²) >= 11 is 0. The predicted molar refractivity (Wildman–Crippen MR) is 118 cm³/mol. The van der Waals surface area contributed by atoms with Gasteiger partial charge in [-0.1, -0.05) is 12.1 Å². The number of nitrogens with one attached hydrogen (secondary N) is 1. The SMILES string of the molecule is Cn1cc2cc(-c3ccc(-c4ccc(C5CNC5)nn4)c(O)c3)ccc2n1.O=C(O)C(F)(F)F. The molecule has 3 N–H and O–H groups in total. The Hall–Kier alpha value is -3.99. The summed E-state index contributed by atoms with van der Waals surface area (Å²) < 4.78 is 33.5. The quantitative estimate of drug-likeness (QED) is 0.417. The smallest absolute Gasteiger partial charge is 0.490 e. The summed E-state index contributed by atoms with van der Waals surface area (Å²) in [5.74, 6) is -2.11. The molecule has 5 rings (SSSR count). The molecule has 8 nitrogen and oxygen atoms in total. The molecule has 4 aromatic rings. The van der Waals surface area contributed by atoms with Crippen molar-refractivity contribution in [2.24, 2.45) is 7.05 Å². The van der Waals surface area contributed by atoms with Crippen LogP contribution in [-0.2, 0) is 11.8 Å². The minimum absolute atomic E-state index is 0.200. The Kier molecular flexibility index (Phi) is 6.20. The lowest BCUT2D eigenvalue weighted by Gasteiger charge is -2.25. The molecule has 1 aliphatic rings. The molecule has 0 aliphatic carbocycles. The van der Waals surface area contributed by atoms with Gasteiger partial charge >= 0.3 is 12.1 Å². The van der Waals surface area contributed by atoms with Crippen LogP contribution in [0.3, 0.4) is 0 Å². The fourth-order valence-corrected chi connectivity index (χ4v) is 3.46. The fraction of sp³-hybridized carbons (Fsp3) is 0.217. The molecule has 2 aromatic heterocycles. The first-order chi connectivity index (χ1) is 16.1. The number of phenols is 1. The first-order valence-corrected chi connectivity index (χ1v) is 10.2. The lowest BCUT2D eigenvalue weighted by molar-refractivity contribution is -0.192. The maximum atomic E-state index is 10.6. The van der Waals surface area contributed by atoms with Crippen LogP contribution in [0.1, 0.15) is 11.6 Å². The fourth-order valence-electron chi connectivity index (χ4n) is 3.46. The van der Waals surface area contributed by atoms with Crippen molar-refractivity contribution < 1.29 is 28.2 Å². The van der Waals surface area contributed by atoms with Gasteiger partial charge < -0.3 is 15.5 Å². The Morgan fingerprint density at radius 2 is 1.74 bits per heavy atom. The third kappa shape index (κ3) is 4.99. The third-order valence-corrected chi connectivity index (χ3v) is 5.35. The number of nitrogens with zero attached hydrogens (tertiary/aromatic N) is 4. The molecule has 1 fully saturated rings. The van der Waals surface area contributed by atoms with Gasteiger partial charge in [-0.25, -0.2) is 4.79 Å². The maximum absolute atomic E-state index is 10.6. The molecule has 2 aromatic carbocycles. The number of hydrogen-bond donors (Lipinski definition) is 3. The highest BCUT2D eigenvalue weighted by molar-refractivity contribution is 5.85. The third-order valence-electron chi connectivity index (χ3n) is 5.35. The summed E-state index contributed by atoms with van der Waals surface area (Å²) in [6, 6.07) is 15.7. The molecule has 0 unspecified atom stereocenters. The average Bonchev–Trinajstić information content (AvgIpc) is 3.12. The number of carboxylic acid groups (broad SMARTS) is 1. The number of fused-ring (bicyclic) bond motifs is 1. The Labute approximate surface area is 191 Å². The van der Waals surface area contributed by atoms with Gasteiger partial charge in [0.1, 0.15) is 5.75 Å². The molecule has 3 heterocycles. The van der Waals surface area contributed by atoms with Crippen LogP contribution in [0.15, 0.2) is 54.7 Å². The zero-order chi connectivity index (χ0) is 24.5. The van der Waals surface area contributed by atoms with Crippen LogP contribution < -0.4 is 5.32 Å². The Morgan fingerprint density at radius 1 is 1.06 bits per heavy atom. The molecular formula is C23H20F3N5O3. The van der Waals surface area contributed by atoms with E-state index >= 15 is 0 Å². The van der Waals surface area contributed by atoms with Gasteiger partial charge in [0.25, 0.3) is 0 Å². The Bertz CT molecular complexity index is 1330. The number of alkyl halides is 3. The highest BCUT2D eigenvalue weighted by atomic mass is 19.4. The topological polar surface area (TPSA) is 113 Å². The zero-order valence-corrected chi connectivity index (χ0v) is 17.9. The van der Waals surface area contributed by atoms with E-state index in [1.807, 2.05) is 49.6 Å². The summed E-state index contributed by atoms with van der Waals surface area (Å²) in [6.45, 7) is 1.91. The van der Waals surface area contributed by atoms with Gasteiger partial charge in [-0.3, -0.25) is 4.68 Å². The number of phenolic OH excluding ortho intramolecular Hbond substituents is 1. The van der Waals surface area contributed by atoms with E-state index in [1.165, 1.54) is 0 Å². The molecule has 1 saturated heterocycles. The molecular weight excluding hydrogens is 451 g/mol. The lowest BCUT2D eigenvalue weighted by atomic mass is 9.98. The summed E-state index contributed by atoms with van der Waals surface area (Å²) in [7, 11) is 1.91. The first-order valence-electron chi connectivity index (χ1n) is 10.2. The Morgan fingerprint density at radius 3 is 2.29 bits per heavy atom. The summed E-state index contributed by atoms with van der Waals surface area (Å²) in [5.41, 5.74) is 5.31. The number of hydrogen-bond acceptors (Lipinski definition) is 6. The van der Waals surface area contributed by atoms with Crippen molar-refractivity contribution in [3.8, 4) is 28.1 Å². The lowest BCUT2D eigenvalue weighted by Crippen LogP contribution is -2.40. The van der Waals surface area contributed by atoms with Crippen molar-refractivity contribution in [1.82, 2.24) is 25.3 Å². The van der Waals surface area contributed by atoms with E-state index in [1.54, 1.807) is 10.7 Å². The standard InChI is InChI=1S/C21H19N5O.C2HF3O2/c1-26-12-15-8-13(3-5-19(15)25-26)14-2-4-17(21(27)9-14)20-7-6-18(23-24-20)16-10-22-11-16;3-2(4,5)1(6)7/h2-9,12,16,22,27H,10-11H2,1H3;(H,6,7). The van der Waals surface area contributed by atoms with E-state index < -0.39 is 12.1 Å². The monoisotopic (exact) mass is 471 g/mol. The van der Waals surface area contributed by atoms with E-state index in [-0.39, 0.29) is 5.75 Å². The van der Waals surface area contributed by atoms with Crippen LogP contribution in [0, 0.1) is 0 Å². The summed E-state index contributed by atoms with van der Waals surface area (Å²) in [6.07, 6.45) is -3.10. The van der Waals surface area contributed by atoms with Crippen molar-refractivity contribution in [2.45, 2.75) is 12.1 Å². The largest absolute Gasteiger partial charge is 0.507 e. The molecule has 0 spiro atoms. The van der Waals surface area contributed by atoms with E-state index in [2.05, 4.69) is 26.7 Å². The van der Waals surface area contributed by atoms with Crippen LogP contribution in [-0.4, -0.2) is 55.4 Å². The van der Waals surface area contributed by atoms with Crippen LogP contribution in [0.5, 0.6) is 5.75 Å². The number of aliphatic carboxylic acids is 1. The van der Waals surface area contributed by atoms with Crippen molar-refractivity contribution >= 4 is 16.9 Å². The number of carbonyl (C=O) groups is 1. The van der Waals surface area contributed by atoms with Crippen molar-refractivity contribution in [1.29, 1.82) is 0 Å². The van der Waals surface area contributed by atoms with Gasteiger partial charge in [-0.15, -0.1) is 0 Å². The van der Waals surface area contributed by atoms with Crippen LogP contribution >= 0.6 is 0 Å². The number of aryl methyl sites for hydroxylation is 1. The van der Waals surface area contributed by atoms with Gasteiger partial charge in [0.2, 0.25) is 0 Å². The second-order valence-corrected chi connectivity index (χ2v) is 7.81. The van der Waals surface area contributed by atoms with Crippen molar-refractivity contribution in [3.05, 3.63) is 60.4 Å². The van der Waals surface area contributed by atoms with Crippen LogP contribution in [0.25, 0.3) is 33.3 Å². The zero-order valence-electron chi connectivity index (χ0n) is 17.9. The number of aromatic hydroxyl groups is 1. The Balaban J connectivity index is 0.000000344. The molecule has 176 valence electrons. The highest BCUT2D eigenvalue weighted by Crippen LogP contribution is 2.33. The molecule has 0 atom stereocenters. The van der Waals surface area contributed by atoms with Crippen molar-refractivity contribution in [2.75, 3.05) is 13.1 Å². The second kappa shape index (κ2) is 9.10. The number of halogens is 3. The van der Waals surface area contributed by atoms with Crippen LogP contribution in [0.2, 0.25) is 0 Å². The predicted octanol–water partition coefficient (Wildman–Crippen LogP) is 3.72. The molecule has 34 heavy (non-hydrogen) atoms. The number of benzene rings is 2. The minimum atomic E-state index is -5.08. The molecule has 1 aliphatic heterocycles. The first kappa shape index (κ1) is 23.2. The number of carboxylic acids is 1. The minimum Gasteiger partial charge on any atom is -0.507 e. The van der Waals surface area contributed by atoms with Crippen LogP contribution in [0.4, 0.5) is 13.2 Å². The summed E-state index contributed by atoms with van der Waals surface area (Å²) in [5, 5.41) is 35.0. The van der Waals surface area contributed by atoms with Gasteiger partial charge in [-0.05, 0) is 47.5 Å². The normalized spacial score (nSPS) is 13.8. The van der Waals surface area contributed by atoms with Gasteiger partial charge in [-0.2, -0.15) is 28.5 Å². The van der Waals surface area contributed by atoms with Gasteiger partial charge in [0, 0.05) is 43.2 Å². The van der Waals surface area contributed by atoms with E-state index in [0.29, 0.717) is 17.2 Å². The molecule has 0 bridgehead atoms. The van der Waals surface area contributed by atoms with E-state index in [0.717, 1.165) is 40.8 Å². The molecule has 0 radical (unpaired) electrons. The molecule has 0 amide bonds. The van der Waals surface area contributed by atoms with Gasteiger partial charge in [0.15, 0.2) is 0 Å². The highest BCUT2D eigenvalue weighted by Gasteiger charge is 2.38. The maximum Gasteiger partial charge on any atom is 0.490 e. The second-order valence-electron chi connectivity index (χ2n) is 7.81. The van der Waals surface area contributed by atoms with E-state index in [9.17, 15) is 18.3 Å². The van der Waals surface area contributed by atoms with Crippen molar-refractivity contribution in [3.63, 3.8) is 0 Å². The van der Waals surface area contributed by atoms with E-state index in [4.69, 9.17) is 9.90 Å².